The van der Waals surface area contributed by atoms with Crippen LogP contribution in [0.15, 0.2) is 77.2 Å². The van der Waals surface area contributed by atoms with Crippen molar-refractivity contribution in [1.82, 2.24) is 14.9 Å². The van der Waals surface area contributed by atoms with E-state index in [2.05, 4.69) is 16.9 Å². The Morgan fingerprint density at radius 2 is 1.89 bits per heavy atom. The van der Waals surface area contributed by atoms with Crippen molar-refractivity contribution < 1.29 is 4.79 Å². The van der Waals surface area contributed by atoms with Gasteiger partial charge in [0.05, 0.1) is 16.7 Å². The van der Waals surface area contributed by atoms with Gasteiger partial charge in [0.15, 0.2) is 5.16 Å². The van der Waals surface area contributed by atoms with Crippen molar-refractivity contribution >= 4 is 28.6 Å². The summed E-state index contributed by atoms with van der Waals surface area (Å²) in [6.45, 7) is 4.64. The first-order valence-corrected chi connectivity index (χ1v) is 9.71. The summed E-state index contributed by atoms with van der Waals surface area (Å²) in [5.74, 6) is 0.125. The quantitative estimate of drug-likeness (QED) is 0.371. The van der Waals surface area contributed by atoms with Gasteiger partial charge in [-0.15, -0.1) is 6.58 Å². The molecule has 0 spiro atoms. The van der Waals surface area contributed by atoms with Crippen molar-refractivity contribution in [3.63, 3.8) is 0 Å². The van der Waals surface area contributed by atoms with Crippen LogP contribution >= 0.6 is 11.8 Å². The molecule has 138 valence electrons. The van der Waals surface area contributed by atoms with E-state index in [4.69, 9.17) is 0 Å². The highest BCUT2D eigenvalue weighted by Crippen LogP contribution is 2.17. The minimum absolute atomic E-state index is 0.0801. The molecule has 0 saturated carbocycles. The summed E-state index contributed by atoms with van der Waals surface area (Å²) in [7, 11) is 0. The zero-order valence-electron chi connectivity index (χ0n) is 14.9. The predicted molar refractivity (Wildman–Crippen MR) is 110 cm³/mol. The van der Waals surface area contributed by atoms with Crippen LogP contribution in [-0.2, 0) is 17.8 Å². The average molecular weight is 379 g/mol. The van der Waals surface area contributed by atoms with Crippen LogP contribution in [0.3, 0.4) is 0 Å². The first-order valence-electron chi connectivity index (χ1n) is 8.73. The van der Waals surface area contributed by atoms with Crippen molar-refractivity contribution in [2.75, 3.05) is 12.3 Å². The number of para-hydroxylation sites is 1. The molecule has 0 aliphatic rings. The maximum Gasteiger partial charge on any atom is 0.262 e. The molecule has 3 rings (SSSR count). The molecule has 27 heavy (non-hydrogen) atoms. The van der Waals surface area contributed by atoms with Crippen LogP contribution in [0.2, 0.25) is 0 Å². The third-order valence-corrected chi connectivity index (χ3v) is 5.03. The van der Waals surface area contributed by atoms with Gasteiger partial charge in [-0.25, -0.2) is 4.98 Å². The zero-order valence-corrected chi connectivity index (χ0v) is 15.7. The second-order valence-electron chi connectivity index (χ2n) is 5.99. The molecule has 0 radical (unpaired) electrons. The Morgan fingerprint density at radius 3 is 2.67 bits per heavy atom. The fourth-order valence-electron chi connectivity index (χ4n) is 2.72. The Bertz CT molecular complexity index is 999. The fraction of sp³-hybridized carbons (Fsp3) is 0.190. The molecule has 6 heteroatoms. The summed E-state index contributed by atoms with van der Waals surface area (Å²) < 4.78 is 1.55. The van der Waals surface area contributed by atoms with Gasteiger partial charge >= 0.3 is 0 Å². The molecule has 1 amide bonds. The topological polar surface area (TPSA) is 64.0 Å². The molecule has 3 aromatic rings. The van der Waals surface area contributed by atoms with E-state index in [1.165, 1.54) is 17.3 Å². The van der Waals surface area contributed by atoms with E-state index in [0.717, 1.165) is 6.42 Å². The third-order valence-electron chi connectivity index (χ3n) is 4.05. The minimum atomic E-state index is -0.118. The molecule has 0 atom stereocenters. The molecular formula is C21H21N3O2S. The molecule has 2 aromatic carbocycles. The van der Waals surface area contributed by atoms with E-state index in [1.807, 2.05) is 42.5 Å². The van der Waals surface area contributed by atoms with Crippen LogP contribution in [0, 0.1) is 0 Å². The summed E-state index contributed by atoms with van der Waals surface area (Å²) in [6.07, 6.45) is 2.44. The summed E-state index contributed by atoms with van der Waals surface area (Å²) in [5.41, 5.74) is 1.70. The van der Waals surface area contributed by atoms with E-state index < -0.39 is 0 Å². The van der Waals surface area contributed by atoms with Crippen molar-refractivity contribution in [3.8, 4) is 0 Å². The number of benzene rings is 2. The standard InChI is InChI=1S/C21H21N3O2S/c1-2-14-24-20(26)17-10-6-7-11-18(17)23-21(24)27-15-19(25)22-13-12-16-8-4-3-5-9-16/h2-11H,1,12-15H2,(H,22,25). The van der Waals surface area contributed by atoms with Gasteiger partial charge < -0.3 is 5.32 Å². The Kier molecular flexibility index (Phi) is 6.44. The zero-order chi connectivity index (χ0) is 19.1. The van der Waals surface area contributed by atoms with Gasteiger partial charge in [-0.1, -0.05) is 60.3 Å². The summed E-state index contributed by atoms with van der Waals surface area (Å²) in [6, 6.07) is 17.2. The van der Waals surface area contributed by atoms with Gasteiger partial charge in [-0.2, -0.15) is 0 Å². The Labute approximate surface area is 162 Å². The van der Waals surface area contributed by atoms with Crippen LogP contribution < -0.4 is 10.9 Å². The highest BCUT2D eigenvalue weighted by Gasteiger charge is 2.12. The largest absolute Gasteiger partial charge is 0.355 e. The lowest BCUT2D eigenvalue weighted by molar-refractivity contribution is -0.118. The lowest BCUT2D eigenvalue weighted by Crippen LogP contribution is -2.28. The Balaban J connectivity index is 1.65. The number of hydrogen-bond acceptors (Lipinski definition) is 4. The second kappa shape index (κ2) is 9.19. The minimum Gasteiger partial charge on any atom is -0.355 e. The molecule has 1 heterocycles. The van der Waals surface area contributed by atoms with Gasteiger partial charge in [0.2, 0.25) is 5.91 Å². The van der Waals surface area contributed by atoms with Crippen LogP contribution in [0.25, 0.3) is 10.9 Å². The first-order chi connectivity index (χ1) is 13.2. The maximum atomic E-state index is 12.7. The number of nitrogens with one attached hydrogen (secondary N) is 1. The number of thioether (sulfide) groups is 1. The molecule has 1 N–H and O–H groups in total. The predicted octanol–water partition coefficient (Wildman–Crippen LogP) is 3.03. The summed E-state index contributed by atoms with van der Waals surface area (Å²) in [5, 5.41) is 4.00. The number of carbonyl (C=O) groups excluding carboxylic acids is 1. The number of amides is 1. The molecule has 0 saturated heterocycles. The lowest BCUT2D eigenvalue weighted by Gasteiger charge is -2.11. The number of aromatic nitrogens is 2. The van der Waals surface area contributed by atoms with E-state index in [9.17, 15) is 9.59 Å². The molecule has 1 aromatic heterocycles. The maximum absolute atomic E-state index is 12.7. The van der Waals surface area contributed by atoms with E-state index >= 15 is 0 Å². The molecule has 0 aliphatic carbocycles. The third kappa shape index (κ3) is 4.86. The summed E-state index contributed by atoms with van der Waals surface area (Å²) in [4.78, 5) is 29.4. The van der Waals surface area contributed by atoms with Crippen LogP contribution in [0.5, 0.6) is 0 Å². The smallest absolute Gasteiger partial charge is 0.262 e. The number of allylic oxidation sites excluding steroid dienone is 1. The lowest BCUT2D eigenvalue weighted by atomic mass is 10.1. The fourth-order valence-corrected chi connectivity index (χ4v) is 3.56. The number of rotatable bonds is 8. The molecule has 0 fully saturated rings. The Morgan fingerprint density at radius 1 is 1.15 bits per heavy atom. The van der Waals surface area contributed by atoms with Gasteiger partial charge in [0.25, 0.3) is 5.56 Å². The van der Waals surface area contributed by atoms with Crippen LogP contribution in [0.1, 0.15) is 5.56 Å². The van der Waals surface area contributed by atoms with Crippen LogP contribution in [-0.4, -0.2) is 27.8 Å². The van der Waals surface area contributed by atoms with Gasteiger partial charge in [0.1, 0.15) is 0 Å². The SMILES string of the molecule is C=CCn1c(SCC(=O)NCCc2ccccc2)nc2ccccc2c1=O. The normalized spacial score (nSPS) is 10.7. The Hall–Kier alpha value is -2.86. The number of carbonyl (C=O) groups is 1. The number of nitrogens with zero attached hydrogens (tertiary/aromatic N) is 2. The van der Waals surface area contributed by atoms with Gasteiger partial charge in [-0.3, -0.25) is 14.2 Å². The van der Waals surface area contributed by atoms with Gasteiger partial charge in [-0.05, 0) is 24.1 Å². The average Bonchev–Trinajstić information content (AvgIpc) is 2.70. The summed E-state index contributed by atoms with van der Waals surface area (Å²) >= 11 is 1.26. The highest BCUT2D eigenvalue weighted by molar-refractivity contribution is 7.99. The molecule has 0 unspecified atom stereocenters. The number of hydrogen-bond donors (Lipinski definition) is 1. The van der Waals surface area contributed by atoms with E-state index in [0.29, 0.717) is 29.1 Å². The van der Waals surface area contributed by atoms with E-state index in [-0.39, 0.29) is 17.2 Å². The molecular weight excluding hydrogens is 358 g/mol. The highest BCUT2D eigenvalue weighted by atomic mass is 32.2. The number of fused-ring (bicyclic) bond motifs is 1. The van der Waals surface area contributed by atoms with Crippen molar-refractivity contribution in [1.29, 1.82) is 0 Å². The molecule has 0 bridgehead atoms. The molecule has 0 aliphatic heterocycles. The van der Waals surface area contributed by atoms with Gasteiger partial charge in [0, 0.05) is 13.1 Å². The van der Waals surface area contributed by atoms with Crippen molar-refractivity contribution in [2.45, 2.75) is 18.1 Å². The van der Waals surface area contributed by atoms with Crippen LogP contribution in [0.4, 0.5) is 0 Å². The molecule has 5 nitrogen and oxygen atoms in total. The first kappa shape index (κ1) is 18.9. The van der Waals surface area contributed by atoms with E-state index in [1.54, 1.807) is 22.8 Å². The van der Waals surface area contributed by atoms with Crippen molar-refractivity contribution in [3.05, 3.63) is 83.2 Å². The van der Waals surface area contributed by atoms with Crippen molar-refractivity contribution in [2.24, 2.45) is 0 Å². The second-order valence-corrected chi connectivity index (χ2v) is 6.93. The monoisotopic (exact) mass is 379 g/mol.